The number of hydrogen-bond acceptors (Lipinski definition) is 0. The van der Waals surface area contributed by atoms with E-state index in [1.807, 2.05) is 0 Å². The van der Waals surface area contributed by atoms with Crippen LogP contribution in [0.4, 0.5) is 0 Å². The minimum absolute atomic E-state index is 1.04. The van der Waals surface area contributed by atoms with Crippen LogP contribution in [0.15, 0.2) is 42.6 Å². The molecule has 0 fully saturated rings. The summed E-state index contributed by atoms with van der Waals surface area (Å²) in [6.45, 7) is 8.80. The Hall–Kier alpha value is -2.41. The summed E-state index contributed by atoms with van der Waals surface area (Å²) in [4.78, 5) is 0. The van der Waals surface area contributed by atoms with Crippen LogP contribution in [0.2, 0.25) is 0 Å². The fraction of sp³-hybridized carbons (Fsp3) is 0.261. The maximum atomic E-state index is 2.34. The molecule has 0 atom stereocenters. The Morgan fingerprint density at radius 1 is 0.792 bits per heavy atom. The first-order valence-corrected chi connectivity index (χ1v) is 8.65. The van der Waals surface area contributed by atoms with Crippen molar-refractivity contribution in [2.75, 3.05) is 0 Å². The highest BCUT2D eigenvalue weighted by atomic mass is 14.9. The van der Waals surface area contributed by atoms with E-state index in [-0.39, 0.29) is 0 Å². The third kappa shape index (κ3) is 2.19. The first-order valence-electron chi connectivity index (χ1n) is 8.65. The zero-order chi connectivity index (χ0) is 17.0. The Morgan fingerprint density at radius 2 is 1.58 bits per heavy atom. The summed E-state index contributed by atoms with van der Waals surface area (Å²) in [5.74, 6) is 0. The van der Waals surface area contributed by atoms with Gasteiger partial charge in [0.2, 0.25) is 5.69 Å². The summed E-state index contributed by atoms with van der Waals surface area (Å²) in [6.07, 6.45) is 3.28. The van der Waals surface area contributed by atoms with Crippen LogP contribution >= 0.6 is 0 Å². The van der Waals surface area contributed by atoms with E-state index in [4.69, 9.17) is 0 Å². The molecule has 0 amide bonds. The first-order chi connectivity index (χ1) is 11.5. The highest BCUT2D eigenvalue weighted by molar-refractivity contribution is 5.85. The van der Waals surface area contributed by atoms with Crippen molar-refractivity contribution in [2.24, 2.45) is 7.05 Å². The second-order valence-electron chi connectivity index (χ2n) is 7.26. The lowest BCUT2D eigenvalue weighted by atomic mass is 9.93. The first kappa shape index (κ1) is 15.1. The summed E-state index contributed by atoms with van der Waals surface area (Å²) in [5.41, 5.74) is 13.9. The van der Waals surface area contributed by atoms with Gasteiger partial charge in [-0.15, -0.1) is 0 Å². The van der Waals surface area contributed by atoms with Gasteiger partial charge in [-0.05, 0) is 67.5 Å². The van der Waals surface area contributed by atoms with E-state index in [9.17, 15) is 0 Å². The van der Waals surface area contributed by atoms with Crippen molar-refractivity contribution in [1.29, 1.82) is 0 Å². The molecule has 0 unspecified atom stereocenters. The lowest BCUT2D eigenvalue weighted by Crippen LogP contribution is -2.32. The van der Waals surface area contributed by atoms with Crippen molar-refractivity contribution in [2.45, 2.75) is 34.1 Å². The normalized spacial score (nSPS) is 12.2. The maximum Gasteiger partial charge on any atom is 0.213 e. The van der Waals surface area contributed by atoms with Crippen LogP contribution in [0, 0.1) is 27.7 Å². The van der Waals surface area contributed by atoms with E-state index in [2.05, 4.69) is 81.9 Å². The highest BCUT2D eigenvalue weighted by Crippen LogP contribution is 2.42. The van der Waals surface area contributed by atoms with Crippen LogP contribution in [-0.4, -0.2) is 0 Å². The predicted octanol–water partition coefficient (Wildman–Crippen LogP) is 4.98. The summed E-state index contributed by atoms with van der Waals surface area (Å²) in [7, 11) is 2.16. The van der Waals surface area contributed by atoms with E-state index in [0.717, 1.165) is 6.42 Å². The van der Waals surface area contributed by atoms with Crippen LogP contribution in [0.25, 0.3) is 22.4 Å². The molecule has 0 saturated carbocycles. The Kier molecular flexibility index (Phi) is 3.35. The maximum absolute atomic E-state index is 2.34. The molecular weight excluding hydrogens is 290 g/mol. The minimum Gasteiger partial charge on any atom is -0.201 e. The molecular formula is C23H24N+. The molecule has 1 aromatic heterocycles. The van der Waals surface area contributed by atoms with Crippen molar-refractivity contribution in [3.63, 3.8) is 0 Å². The van der Waals surface area contributed by atoms with E-state index in [0.29, 0.717) is 0 Å². The second kappa shape index (κ2) is 5.31. The van der Waals surface area contributed by atoms with Gasteiger partial charge in [0, 0.05) is 11.6 Å². The van der Waals surface area contributed by atoms with E-state index >= 15 is 0 Å². The van der Waals surface area contributed by atoms with Gasteiger partial charge in [0.1, 0.15) is 7.05 Å². The molecule has 0 aliphatic heterocycles. The fourth-order valence-electron chi connectivity index (χ4n) is 3.97. The molecule has 1 heterocycles. The van der Waals surface area contributed by atoms with Gasteiger partial charge in [0.05, 0.1) is 5.56 Å². The van der Waals surface area contributed by atoms with Gasteiger partial charge in [-0.3, -0.25) is 0 Å². The topological polar surface area (TPSA) is 3.88 Å². The molecule has 1 heteroatoms. The molecule has 2 aromatic carbocycles. The predicted molar refractivity (Wildman–Crippen MR) is 100 cm³/mol. The fourth-order valence-corrected chi connectivity index (χ4v) is 3.97. The molecule has 0 radical (unpaired) electrons. The number of nitrogens with zero attached hydrogens (tertiary/aromatic N) is 1. The van der Waals surface area contributed by atoms with Crippen LogP contribution < -0.4 is 4.57 Å². The number of fused-ring (bicyclic) bond motifs is 3. The average Bonchev–Trinajstić information content (AvgIpc) is 2.89. The zero-order valence-corrected chi connectivity index (χ0v) is 15.2. The van der Waals surface area contributed by atoms with Gasteiger partial charge in [0.25, 0.3) is 0 Å². The average molecular weight is 314 g/mol. The summed E-state index contributed by atoms with van der Waals surface area (Å²) in [6, 6.07) is 13.8. The van der Waals surface area contributed by atoms with Crippen molar-refractivity contribution in [1.82, 2.24) is 0 Å². The highest BCUT2D eigenvalue weighted by Gasteiger charge is 2.26. The Balaban J connectivity index is 2.00. The van der Waals surface area contributed by atoms with Gasteiger partial charge in [-0.1, -0.05) is 35.9 Å². The smallest absolute Gasteiger partial charge is 0.201 e. The van der Waals surface area contributed by atoms with E-state index < -0.39 is 0 Å². The molecule has 0 bridgehead atoms. The van der Waals surface area contributed by atoms with Gasteiger partial charge < -0.3 is 0 Å². The number of pyridine rings is 1. The second-order valence-corrected chi connectivity index (χ2v) is 7.26. The van der Waals surface area contributed by atoms with Gasteiger partial charge in [-0.25, -0.2) is 4.57 Å². The van der Waals surface area contributed by atoms with Crippen molar-refractivity contribution < 1.29 is 4.57 Å². The van der Waals surface area contributed by atoms with Crippen molar-refractivity contribution in [3.05, 3.63) is 76.0 Å². The minimum atomic E-state index is 1.04. The number of aromatic nitrogens is 1. The number of hydrogen-bond donors (Lipinski definition) is 0. The zero-order valence-electron chi connectivity index (χ0n) is 15.2. The quantitative estimate of drug-likeness (QED) is 0.436. The Morgan fingerprint density at radius 3 is 2.38 bits per heavy atom. The molecule has 0 spiro atoms. The van der Waals surface area contributed by atoms with E-state index in [1.165, 1.54) is 55.8 Å². The number of aryl methyl sites for hydroxylation is 5. The number of rotatable bonds is 1. The SMILES string of the molecule is Cc1ccc2c(c1)-c1ccc(C)c(-c3cc(C)c(C)c[n+]3C)c1C2. The summed E-state index contributed by atoms with van der Waals surface area (Å²) in [5, 5.41) is 0. The molecule has 1 aliphatic carbocycles. The Labute approximate surface area is 144 Å². The van der Waals surface area contributed by atoms with Crippen molar-refractivity contribution >= 4 is 0 Å². The summed E-state index contributed by atoms with van der Waals surface area (Å²) < 4.78 is 2.28. The monoisotopic (exact) mass is 314 g/mol. The van der Waals surface area contributed by atoms with Gasteiger partial charge in [-0.2, -0.15) is 0 Å². The number of benzene rings is 2. The van der Waals surface area contributed by atoms with E-state index in [1.54, 1.807) is 0 Å². The van der Waals surface area contributed by atoms with Crippen molar-refractivity contribution in [3.8, 4) is 22.4 Å². The van der Waals surface area contributed by atoms with Gasteiger partial charge >= 0.3 is 0 Å². The van der Waals surface area contributed by atoms with Gasteiger partial charge in [0.15, 0.2) is 6.20 Å². The lowest BCUT2D eigenvalue weighted by Gasteiger charge is -2.12. The molecule has 120 valence electrons. The molecule has 0 N–H and O–H groups in total. The molecule has 3 aromatic rings. The third-order valence-corrected chi connectivity index (χ3v) is 5.44. The summed E-state index contributed by atoms with van der Waals surface area (Å²) >= 11 is 0. The molecule has 1 aliphatic rings. The van der Waals surface area contributed by atoms with Crippen LogP contribution in [0.3, 0.4) is 0 Å². The third-order valence-electron chi connectivity index (χ3n) is 5.44. The van der Waals surface area contributed by atoms with Crippen LogP contribution in [-0.2, 0) is 13.5 Å². The Bertz CT molecular complexity index is 980. The van der Waals surface area contributed by atoms with Crippen LogP contribution in [0.1, 0.15) is 33.4 Å². The molecule has 24 heavy (non-hydrogen) atoms. The molecule has 0 saturated heterocycles. The van der Waals surface area contributed by atoms with Crippen LogP contribution in [0.5, 0.6) is 0 Å². The molecule has 4 rings (SSSR count). The molecule has 1 nitrogen and oxygen atoms in total. The standard InChI is InChI=1S/C23H24N/c1-14-6-8-18-12-21-19(20(18)10-14)9-7-15(2)23(21)22-11-16(3)17(4)13-24(22)5/h6-11,13H,12H2,1-5H3/q+1. The lowest BCUT2D eigenvalue weighted by molar-refractivity contribution is -0.660. The largest absolute Gasteiger partial charge is 0.213 e.